The lowest BCUT2D eigenvalue weighted by molar-refractivity contribution is -0.136. The number of fused-ring (bicyclic) bond motifs is 1. The van der Waals surface area contributed by atoms with Crippen molar-refractivity contribution in [2.45, 2.75) is 53.4 Å². The van der Waals surface area contributed by atoms with Crippen LogP contribution in [0.2, 0.25) is 0 Å². The molecule has 1 aromatic rings. The van der Waals surface area contributed by atoms with Crippen LogP contribution in [0.5, 0.6) is 11.5 Å². The van der Waals surface area contributed by atoms with Crippen LogP contribution in [0.3, 0.4) is 0 Å². The Morgan fingerprint density at radius 1 is 1.18 bits per heavy atom. The molecule has 0 aromatic heterocycles. The van der Waals surface area contributed by atoms with Gasteiger partial charge in [0.05, 0.1) is 0 Å². The van der Waals surface area contributed by atoms with Crippen molar-refractivity contribution in [3.05, 3.63) is 41.5 Å². The van der Waals surface area contributed by atoms with E-state index in [4.69, 9.17) is 4.74 Å². The fourth-order valence-corrected chi connectivity index (χ4v) is 5.32. The summed E-state index contributed by atoms with van der Waals surface area (Å²) >= 11 is 0. The zero-order valence-electron chi connectivity index (χ0n) is 17.4. The molecule has 2 saturated carbocycles. The van der Waals surface area contributed by atoms with E-state index in [0.29, 0.717) is 22.3 Å². The first kappa shape index (κ1) is 20.5. The van der Waals surface area contributed by atoms with E-state index >= 15 is 0 Å². The SMILES string of the molecule is C[C@@H]1CC[C@@]2(C)[C@H](C)/C(=C\COC(=O)/C=C/c3ccc(O)c(O)c3)CC[C@@]12C. The van der Waals surface area contributed by atoms with Crippen molar-refractivity contribution in [2.75, 3.05) is 6.61 Å². The Hall–Kier alpha value is -2.23. The number of phenols is 2. The fraction of sp³-hybridized carbons (Fsp3) is 0.542. The van der Waals surface area contributed by atoms with E-state index in [1.54, 1.807) is 12.1 Å². The van der Waals surface area contributed by atoms with Crippen LogP contribution in [0.1, 0.15) is 58.9 Å². The third-order valence-electron chi connectivity index (χ3n) is 7.92. The quantitative estimate of drug-likeness (QED) is 0.313. The summed E-state index contributed by atoms with van der Waals surface area (Å²) in [6.07, 6.45) is 9.85. The van der Waals surface area contributed by atoms with Crippen molar-refractivity contribution < 1.29 is 19.7 Å². The summed E-state index contributed by atoms with van der Waals surface area (Å²) in [5.74, 6) is 0.454. The van der Waals surface area contributed by atoms with E-state index in [2.05, 4.69) is 33.8 Å². The van der Waals surface area contributed by atoms with Gasteiger partial charge in [0.25, 0.3) is 0 Å². The second-order valence-electron chi connectivity index (χ2n) is 8.99. The van der Waals surface area contributed by atoms with E-state index in [-0.39, 0.29) is 18.1 Å². The summed E-state index contributed by atoms with van der Waals surface area (Å²) in [5.41, 5.74) is 2.75. The normalized spacial score (nSPS) is 33.9. The highest BCUT2D eigenvalue weighted by molar-refractivity contribution is 5.87. The van der Waals surface area contributed by atoms with E-state index in [9.17, 15) is 15.0 Å². The number of ether oxygens (including phenoxy) is 1. The highest BCUT2D eigenvalue weighted by atomic mass is 16.5. The van der Waals surface area contributed by atoms with E-state index < -0.39 is 5.97 Å². The summed E-state index contributed by atoms with van der Waals surface area (Å²) in [5, 5.41) is 18.8. The maximum Gasteiger partial charge on any atom is 0.331 e. The molecule has 0 bridgehead atoms. The second kappa shape index (κ2) is 7.65. The molecule has 0 aliphatic heterocycles. The van der Waals surface area contributed by atoms with Crippen molar-refractivity contribution in [2.24, 2.45) is 22.7 Å². The topological polar surface area (TPSA) is 66.8 Å². The molecule has 0 radical (unpaired) electrons. The summed E-state index contributed by atoms with van der Waals surface area (Å²) in [4.78, 5) is 12.0. The molecule has 28 heavy (non-hydrogen) atoms. The summed E-state index contributed by atoms with van der Waals surface area (Å²) in [7, 11) is 0. The van der Waals surface area contributed by atoms with E-state index in [0.717, 1.165) is 12.3 Å². The zero-order chi connectivity index (χ0) is 20.5. The molecule has 4 atom stereocenters. The van der Waals surface area contributed by atoms with Crippen molar-refractivity contribution in [1.82, 2.24) is 0 Å². The minimum atomic E-state index is -0.418. The highest BCUT2D eigenvalue weighted by Gasteiger charge is 2.57. The molecule has 2 aliphatic rings. The molecule has 2 fully saturated rings. The van der Waals surface area contributed by atoms with Gasteiger partial charge in [0.1, 0.15) is 6.61 Å². The molecule has 3 rings (SSSR count). The molecular formula is C24H32O4. The number of esters is 1. The fourth-order valence-electron chi connectivity index (χ4n) is 5.32. The second-order valence-corrected chi connectivity index (χ2v) is 8.99. The number of allylic oxidation sites excluding steroid dienone is 1. The maximum absolute atomic E-state index is 12.0. The number of benzene rings is 1. The van der Waals surface area contributed by atoms with Crippen LogP contribution in [-0.4, -0.2) is 22.8 Å². The predicted molar refractivity (Wildman–Crippen MR) is 111 cm³/mol. The molecule has 152 valence electrons. The van der Waals surface area contributed by atoms with Crippen molar-refractivity contribution in [3.8, 4) is 11.5 Å². The smallest absolute Gasteiger partial charge is 0.331 e. The van der Waals surface area contributed by atoms with Crippen molar-refractivity contribution in [1.29, 1.82) is 0 Å². The first-order valence-corrected chi connectivity index (χ1v) is 10.2. The van der Waals surface area contributed by atoms with Crippen LogP contribution in [0.15, 0.2) is 35.9 Å². The van der Waals surface area contributed by atoms with Gasteiger partial charge in [0, 0.05) is 6.08 Å². The number of carbonyl (C=O) groups excluding carboxylic acids is 1. The first-order chi connectivity index (χ1) is 13.2. The highest BCUT2D eigenvalue weighted by Crippen LogP contribution is 2.66. The lowest BCUT2D eigenvalue weighted by Gasteiger charge is -2.53. The van der Waals surface area contributed by atoms with E-state index in [1.165, 1.54) is 43.0 Å². The summed E-state index contributed by atoms with van der Waals surface area (Å²) in [6.45, 7) is 9.92. The van der Waals surface area contributed by atoms with Gasteiger partial charge in [-0.3, -0.25) is 0 Å². The monoisotopic (exact) mass is 384 g/mol. The third-order valence-corrected chi connectivity index (χ3v) is 7.92. The molecule has 0 heterocycles. The number of aromatic hydroxyl groups is 2. The Morgan fingerprint density at radius 3 is 2.64 bits per heavy atom. The van der Waals surface area contributed by atoms with Gasteiger partial charge in [-0.05, 0) is 78.2 Å². The van der Waals surface area contributed by atoms with Crippen LogP contribution >= 0.6 is 0 Å². The van der Waals surface area contributed by atoms with Gasteiger partial charge in [0.2, 0.25) is 0 Å². The van der Waals surface area contributed by atoms with Gasteiger partial charge in [-0.15, -0.1) is 0 Å². The number of phenolic OH excluding ortho intramolecular Hbond substituents is 2. The maximum atomic E-state index is 12.0. The molecule has 0 amide bonds. The Bertz CT molecular complexity index is 809. The van der Waals surface area contributed by atoms with Crippen LogP contribution in [0.4, 0.5) is 0 Å². The van der Waals surface area contributed by atoms with Crippen molar-refractivity contribution in [3.63, 3.8) is 0 Å². The molecule has 0 spiro atoms. The number of carbonyl (C=O) groups is 1. The molecule has 2 aliphatic carbocycles. The largest absolute Gasteiger partial charge is 0.504 e. The minimum absolute atomic E-state index is 0.186. The van der Waals surface area contributed by atoms with E-state index in [1.807, 2.05) is 0 Å². The third kappa shape index (κ3) is 3.57. The van der Waals surface area contributed by atoms with Gasteiger partial charge >= 0.3 is 5.97 Å². The molecular weight excluding hydrogens is 352 g/mol. The molecule has 1 aromatic carbocycles. The van der Waals surface area contributed by atoms with Crippen LogP contribution in [0.25, 0.3) is 6.08 Å². The first-order valence-electron chi connectivity index (χ1n) is 10.2. The van der Waals surface area contributed by atoms with Gasteiger partial charge in [-0.1, -0.05) is 39.3 Å². The average Bonchev–Trinajstić information content (AvgIpc) is 2.90. The predicted octanol–water partition coefficient (Wildman–Crippen LogP) is 5.45. The Kier molecular flexibility index (Phi) is 5.60. The lowest BCUT2D eigenvalue weighted by Crippen LogP contribution is -2.45. The average molecular weight is 385 g/mol. The van der Waals surface area contributed by atoms with Crippen LogP contribution in [-0.2, 0) is 9.53 Å². The van der Waals surface area contributed by atoms with Gasteiger partial charge in [-0.2, -0.15) is 0 Å². The number of hydrogen-bond donors (Lipinski definition) is 2. The lowest BCUT2D eigenvalue weighted by atomic mass is 9.52. The van der Waals surface area contributed by atoms with Gasteiger partial charge in [-0.25, -0.2) is 4.79 Å². The van der Waals surface area contributed by atoms with Crippen LogP contribution in [0, 0.1) is 22.7 Å². The zero-order valence-corrected chi connectivity index (χ0v) is 17.4. The molecule has 2 N–H and O–H groups in total. The summed E-state index contributed by atoms with van der Waals surface area (Å²) < 4.78 is 5.35. The van der Waals surface area contributed by atoms with Crippen molar-refractivity contribution >= 4 is 12.0 Å². The van der Waals surface area contributed by atoms with Gasteiger partial charge < -0.3 is 14.9 Å². The Labute approximate surface area is 167 Å². The van der Waals surface area contributed by atoms with Gasteiger partial charge in [0.15, 0.2) is 11.5 Å². The standard InChI is InChI=1S/C24H32O4/c1-16-9-12-24(4)17(2)19(10-13-23(16,24)3)11-14-28-22(27)8-6-18-5-7-20(25)21(26)15-18/h5-8,11,15-17,25-26H,9-10,12-14H2,1-4H3/b8-6+,19-11-/t16-,17-,23+,24+/m1/s1. The van der Waals surface area contributed by atoms with Crippen LogP contribution < -0.4 is 0 Å². The number of rotatable bonds is 4. The Morgan fingerprint density at radius 2 is 1.93 bits per heavy atom. The molecule has 0 unspecified atom stereocenters. The molecule has 4 nitrogen and oxygen atoms in total. The molecule has 0 saturated heterocycles. The Balaban J connectivity index is 1.58. The molecule has 4 heteroatoms. The summed E-state index contributed by atoms with van der Waals surface area (Å²) in [6, 6.07) is 4.39. The number of hydrogen-bond acceptors (Lipinski definition) is 4. The minimum Gasteiger partial charge on any atom is -0.504 e.